The molecular formula is C20H25N3O2. The molecule has 0 aromatic heterocycles. The van der Waals surface area contributed by atoms with E-state index in [2.05, 4.69) is 10.6 Å². The van der Waals surface area contributed by atoms with Crippen molar-refractivity contribution in [3.05, 3.63) is 59.7 Å². The summed E-state index contributed by atoms with van der Waals surface area (Å²) in [5, 5.41) is 5.73. The molecule has 0 fully saturated rings. The van der Waals surface area contributed by atoms with Crippen LogP contribution >= 0.6 is 0 Å². The molecule has 25 heavy (non-hydrogen) atoms. The third-order valence-corrected chi connectivity index (χ3v) is 4.25. The number of carbonyl (C=O) groups excluding carboxylic acids is 2. The van der Waals surface area contributed by atoms with Gasteiger partial charge in [0.2, 0.25) is 5.91 Å². The summed E-state index contributed by atoms with van der Waals surface area (Å²) in [5.41, 5.74) is 8.44. The molecule has 0 aliphatic rings. The van der Waals surface area contributed by atoms with Crippen molar-refractivity contribution >= 4 is 23.2 Å². The maximum atomic E-state index is 12.3. The van der Waals surface area contributed by atoms with E-state index in [-0.39, 0.29) is 17.7 Å². The standard InChI is InChI=1S/C20H25N3O2/c1-3-15(4-2)19(24)22-13-14-9-11-16(12-10-14)20(25)23-18-8-6-5-7-17(18)21/h5-12,15H,3-4,13,21H2,1-2H3,(H,22,24)(H,23,25). The Kier molecular flexibility index (Phi) is 6.57. The Morgan fingerprint density at radius 2 is 1.64 bits per heavy atom. The summed E-state index contributed by atoms with van der Waals surface area (Å²) in [5.74, 6) is -0.0849. The topological polar surface area (TPSA) is 84.2 Å². The molecule has 0 aliphatic carbocycles. The molecule has 2 aromatic rings. The third kappa shape index (κ3) is 5.08. The minimum Gasteiger partial charge on any atom is -0.397 e. The first-order chi connectivity index (χ1) is 12.0. The number of nitrogens with one attached hydrogen (secondary N) is 2. The highest BCUT2D eigenvalue weighted by Crippen LogP contribution is 2.18. The summed E-state index contributed by atoms with van der Waals surface area (Å²) in [6.45, 7) is 4.49. The number of amides is 2. The van der Waals surface area contributed by atoms with E-state index < -0.39 is 0 Å². The zero-order chi connectivity index (χ0) is 18.2. The Balaban J connectivity index is 1.94. The molecule has 0 radical (unpaired) electrons. The van der Waals surface area contributed by atoms with E-state index in [1.165, 1.54) is 0 Å². The van der Waals surface area contributed by atoms with Gasteiger partial charge in [-0.3, -0.25) is 9.59 Å². The number of nitrogen functional groups attached to an aromatic ring is 1. The van der Waals surface area contributed by atoms with Crippen molar-refractivity contribution in [2.24, 2.45) is 5.92 Å². The van der Waals surface area contributed by atoms with E-state index >= 15 is 0 Å². The van der Waals surface area contributed by atoms with Gasteiger partial charge in [-0.2, -0.15) is 0 Å². The molecule has 5 heteroatoms. The lowest BCUT2D eigenvalue weighted by molar-refractivity contribution is -0.125. The summed E-state index contributed by atoms with van der Waals surface area (Å²) >= 11 is 0. The zero-order valence-electron chi connectivity index (χ0n) is 14.7. The van der Waals surface area contributed by atoms with E-state index in [1.807, 2.05) is 38.1 Å². The van der Waals surface area contributed by atoms with Crippen LogP contribution in [-0.2, 0) is 11.3 Å². The maximum absolute atomic E-state index is 12.3. The number of anilines is 2. The molecule has 0 heterocycles. The fraction of sp³-hybridized carbons (Fsp3) is 0.300. The molecule has 0 aliphatic heterocycles. The number of benzene rings is 2. The lowest BCUT2D eigenvalue weighted by atomic mass is 10.0. The van der Waals surface area contributed by atoms with Crippen molar-refractivity contribution in [1.82, 2.24) is 5.32 Å². The number of hydrogen-bond acceptors (Lipinski definition) is 3. The second-order valence-corrected chi connectivity index (χ2v) is 5.97. The van der Waals surface area contributed by atoms with Crippen LogP contribution in [0.2, 0.25) is 0 Å². The van der Waals surface area contributed by atoms with Crippen LogP contribution in [0, 0.1) is 5.92 Å². The van der Waals surface area contributed by atoms with Crippen LogP contribution in [0.1, 0.15) is 42.6 Å². The average Bonchev–Trinajstić information content (AvgIpc) is 2.63. The van der Waals surface area contributed by atoms with Crippen LogP contribution in [0.5, 0.6) is 0 Å². The van der Waals surface area contributed by atoms with Gasteiger partial charge in [0.1, 0.15) is 0 Å². The fourth-order valence-electron chi connectivity index (χ4n) is 2.57. The fourth-order valence-corrected chi connectivity index (χ4v) is 2.57. The lowest BCUT2D eigenvalue weighted by Gasteiger charge is -2.13. The molecule has 132 valence electrons. The summed E-state index contributed by atoms with van der Waals surface area (Å²) in [6.07, 6.45) is 1.67. The van der Waals surface area contributed by atoms with Crippen LogP contribution < -0.4 is 16.4 Å². The Hall–Kier alpha value is -2.82. The second kappa shape index (κ2) is 8.87. The van der Waals surface area contributed by atoms with Crippen molar-refractivity contribution in [2.75, 3.05) is 11.1 Å². The molecule has 2 amide bonds. The van der Waals surface area contributed by atoms with E-state index in [0.717, 1.165) is 18.4 Å². The minimum absolute atomic E-state index is 0.0568. The molecule has 0 spiro atoms. The van der Waals surface area contributed by atoms with Crippen LogP contribution in [0.15, 0.2) is 48.5 Å². The minimum atomic E-state index is -0.217. The summed E-state index contributed by atoms with van der Waals surface area (Å²) in [7, 11) is 0. The highest BCUT2D eigenvalue weighted by Gasteiger charge is 2.13. The van der Waals surface area contributed by atoms with Gasteiger partial charge in [0.25, 0.3) is 5.91 Å². The monoisotopic (exact) mass is 339 g/mol. The molecule has 4 N–H and O–H groups in total. The quantitative estimate of drug-likeness (QED) is 0.674. The molecule has 0 bridgehead atoms. The van der Waals surface area contributed by atoms with Crippen molar-refractivity contribution in [3.8, 4) is 0 Å². The first kappa shape index (κ1) is 18.5. The Bertz CT molecular complexity index is 722. The highest BCUT2D eigenvalue weighted by molar-refractivity contribution is 6.05. The van der Waals surface area contributed by atoms with Crippen molar-refractivity contribution in [3.63, 3.8) is 0 Å². The first-order valence-electron chi connectivity index (χ1n) is 8.57. The molecule has 5 nitrogen and oxygen atoms in total. The predicted molar refractivity (Wildman–Crippen MR) is 101 cm³/mol. The summed E-state index contributed by atoms with van der Waals surface area (Å²) < 4.78 is 0. The van der Waals surface area contributed by atoms with Crippen molar-refractivity contribution in [1.29, 1.82) is 0 Å². The van der Waals surface area contributed by atoms with Gasteiger partial charge in [-0.05, 0) is 42.7 Å². The van der Waals surface area contributed by atoms with Crippen molar-refractivity contribution in [2.45, 2.75) is 33.2 Å². The predicted octanol–water partition coefficient (Wildman–Crippen LogP) is 3.57. The zero-order valence-corrected chi connectivity index (χ0v) is 14.7. The van der Waals surface area contributed by atoms with E-state index in [9.17, 15) is 9.59 Å². The third-order valence-electron chi connectivity index (χ3n) is 4.25. The van der Waals surface area contributed by atoms with Gasteiger partial charge in [0.15, 0.2) is 0 Å². The van der Waals surface area contributed by atoms with Crippen LogP contribution in [0.25, 0.3) is 0 Å². The molecule has 2 aromatic carbocycles. The summed E-state index contributed by atoms with van der Waals surface area (Å²) in [4.78, 5) is 24.3. The van der Waals surface area contributed by atoms with E-state index in [1.54, 1.807) is 24.3 Å². The number of nitrogens with two attached hydrogens (primary N) is 1. The largest absolute Gasteiger partial charge is 0.397 e. The number of carbonyl (C=O) groups is 2. The Morgan fingerprint density at radius 3 is 2.24 bits per heavy atom. The highest BCUT2D eigenvalue weighted by atomic mass is 16.2. The first-order valence-corrected chi connectivity index (χ1v) is 8.57. The van der Waals surface area contributed by atoms with Gasteiger partial charge in [-0.15, -0.1) is 0 Å². The smallest absolute Gasteiger partial charge is 0.255 e. The van der Waals surface area contributed by atoms with Gasteiger partial charge in [-0.25, -0.2) is 0 Å². The van der Waals surface area contributed by atoms with E-state index in [0.29, 0.717) is 23.5 Å². The van der Waals surface area contributed by atoms with Crippen LogP contribution in [0.4, 0.5) is 11.4 Å². The van der Waals surface area contributed by atoms with Crippen LogP contribution in [-0.4, -0.2) is 11.8 Å². The molecule has 0 saturated heterocycles. The second-order valence-electron chi connectivity index (χ2n) is 5.97. The maximum Gasteiger partial charge on any atom is 0.255 e. The molecule has 0 atom stereocenters. The normalized spacial score (nSPS) is 10.5. The van der Waals surface area contributed by atoms with Gasteiger partial charge < -0.3 is 16.4 Å². The SMILES string of the molecule is CCC(CC)C(=O)NCc1ccc(C(=O)Nc2ccccc2N)cc1. The molecule has 0 unspecified atom stereocenters. The Morgan fingerprint density at radius 1 is 1.00 bits per heavy atom. The molecular weight excluding hydrogens is 314 g/mol. The Labute approximate surface area is 148 Å². The van der Waals surface area contributed by atoms with Gasteiger partial charge in [0.05, 0.1) is 11.4 Å². The average molecular weight is 339 g/mol. The lowest BCUT2D eigenvalue weighted by Crippen LogP contribution is -2.29. The van der Waals surface area contributed by atoms with Crippen molar-refractivity contribution < 1.29 is 9.59 Å². The number of para-hydroxylation sites is 2. The number of rotatable bonds is 7. The van der Waals surface area contributed by atoms with Crippen LogP contribution in [0.3, 0.4) is 0 Å². The van der Waals surface area contributed by atoms with E-state index in [4.69, 9.17) is 5.73 Å². The summed E-state index contributed by atoms with van der Waals surface area (Å²) in [6, 6.07) is 14.3. The van der Waals surface area contributed by atoms with Gasteiger partial charge >= 0.3 is 0 Å². The molecule has 0 saturated carbocycles. The van der Waals surface area contributed by atoms with Gasteiger partial charge in [-0.1, -0.05) is 38.1 Å². The number of hydrogen-bond donors (Lipinski definition) is 3. The van der Waals surface area contributed by atoms with Gasteiger partial charge in [0, 0.05) is 18.0 Å². The molecule has 2 rings (SSSR count).